The Morgan fingerprint density at radius 1 is 1.04 bits per heavy atom. The highest BCUT2D eigenvalue weighted by atomic mass is 35.5. The molecule has 24 heavy (non-hydrogen) atoms. The molecule has 0 atom stereocenters. The number of rotatable bonds is 5. The molecule has 1 aliphatic carbocycles. The van der Waals surface area contributed by atoms with E-state index < -0.39 is 41.7 Å². The highest BCUT2D eigenvalue weighted by molar-refractivity contribution is 7.89. The molecule has 0 amide bonds. The summed E-state index contributed by atoms with van der Waals surface area (Å²) in [7, 11) is -4.11. The maximum absolute atomic E-state index is 12.6. The number of ether oxygens (including phenoxy) is 1. The van der Waals surface area contributed by atoms with Gasteiger partial charge in [0.05, 0.1) is 15.0 Å². The van der Waals surface area contributed by atoms with Crippen LogP contribution in [0.15, 0.2) is 55.4 Å². The lowest BCUT2D eigenvalue weighted by molar-refractivity contribution is -0.111. The highest BCUT2D eigenvalue weighted by Gasteiger charge is 2.50. The summed E-state index contributed by atoms with van der Waals surface area (Å²) in [5.74, 6) is -0.817. The van der Waals surface area contributed by atoms with Crippen LogP contribution >= 0.6 is 46.4 Å². The molecular formula is C14H11Cl4NO4S. The predicted molar refractivity (Wildman–Crippen MR) is 93.6 cm³/mol. The Balaban J connectivity index is 2.63. The number of halogens is 4. The van der Waals surface area contributed by atoms with E-state index in [0.29, 0.717) is 0 Å². The number of carbonyl (C=O) groups excluding carboxylic acids is 1. The largest absolute Gasteiger partial charge is 0.350 e. The van der Waals surface area contributed by atoms with Gasteiger partial charge in [-0.3, -0.25) is 4.79 Å². The van der Waals surface area contributed by atoms with Gasteiger partial charge in [-0.25, -0.2) is 8.42 Å². The number of hydrogen-bond acceptors (Lipinski definition) is 4. The lowest BCUT2D eigenvalue weighted by atomic mass is 10.1. The van der Waals surface area contributed by atoms with Crippen molar-refractivity contribution in [3.63, 3.8) is 0 Å². The Morgan fingerprint density at radius 3 is 2.00 bits per heavy atom. The first kappa shape index (κ1) is 19.7. The fraction of sp³-hybridized carbons (Fsp3) is 0.214. The Labute approximate surface area is 159 Å². The molecule has 0 radical (unpaired) electrons. The standard InChI is InChI=1S/C14H11Cl4NO4S/c1-2-23-14(12(17)9(15)11(20)10(16)13(14)18)19-24(21,22)8-6-4-3-5-7-8/h3-7,19H,2H2,1H3. The molecule has 0 aliphatic heterocycles. The van der Waals surface area contributed by atoms with E-state index in [0.717, 1.165) is 0 Å². The van der Waals surface area contributed by atoms with Gasteiger partial charge in [0.25, 0.3) is 0 Å². The minimum absolute atomic E-state index is 0.00623. The van der Waals surface area contributed by atoms with Crippen LogP contribution in [0, 0.1) is 0 Å². The summed E-state index contributed by atoms with van der Waals surface area (Å²) in [6.45, 7) is 1.59. The normalized spacial score (nSPS) is 18.3. The zero-order chi connectivity index (χ0) is 18.1. The Morgan fingerprint density at radius 2 is 1.54 bits per heavy atom. The first-order valence-electron chi connectivity index (χ1n) is 6.56. The van der Waals surface area contributed by atoms with E-state index in [2.05, 4.69) is 4.72 Å². The predicted octanol–water partition coefficient (Wildman–Crippen LogP) is 3.66. The van der Waals surface area contributed by atoms with Crippen LogP contribution in [0.1, 0.15) is 6.92 Å². The number of sulfonamides is 1. The van der Waals surface area contributed by atoms with Crippen LogP contribution < -0.4 is 4.72 Å². The van der Waals surface area contributed by atoms with E-state index >= 15 is 0 Å². The molecule has 1 aromatic rings. The SMILES string of the molecule is CCOC1(NS(=O)(=O)c2ccccc2)C(Cl)=C(Cl)C(=O)C(Cl)=C1Cl. The summed E-state index contributed by atoms with van der Waals surface area (Å²) in [5, 5.41) is -1.78. The van der Waals surface area contributed by atoms with Gasteiger partial charge in [0.1, 0.15) is 10.1 Å². The van der Waals surface area contributed by atoms with E-state index in [1.165, 1.54) is 12.1 Å². The maximum Gasteiger partial charge on any atom is 0.243 e. The Bertz CT molecular complexity index is 806. The van der Waals surface area contributed by atoms with Crippen LogP contribution in [0.2, 0.25) is 0 Å². The number of nitrogens with one attached hydrogen (secondary N) is 1. The minimum atomic E-state index is -4.11. The second kappa shape index (κ2) is 7.33. The Kier molecular flexibility index (Phi) is 6.03. The van der Waals surface area contributed by atoms with E-state index in [1.54, 1.807) is 25.1 Å². The van der Waals surface area contributed by atoms with Crippen molar-refractivity contribution in [1.82, 2.24) is 4.72 Å². The molecule has 0 fully saturated rings. The lowest BCUT2D eigenvalue weighted by Gasteiger charge is -2.36. The molecule has 0 saturated carbocycles. The highest BCUT2D eigenvalue weighted by Crippen LogP contribution is 2.44. The number of carbonyl (C=O) groups is 1. The van der Waals surface area contributed by atoms with Gasteiger partial charge >= 0.3 is 0 Å². The van der Waals surface area contributed by atoms with Crippen molar-refractivity contribution >= 4 is 62.2 Å². The number of ketones is 1. The van der Waals surface area contributed by atoms with Crippen molar-refractivity contribution in [2.24, 2.45) is 0 Å². The van der Waals surface area contributed by atoms with Crippen molar-refractivity contribution in [2.45, 2.75) is 17.5 Å². The summed E-state index contributed by atoms with van der Waals surface area (Å²) in [6.07, 6.45) is 0. The van der Waals surface area contributed by atoms with Gasteiger partial charge in [-0.15, -0.1) is 0 Å². The van der Waals surface area contributed by atoms with Gasteiger partial charge in [0.2, 0.25) is 21.5 Å². The average Bonchev–Trinajstić information content (AvgIpc) is 2.57. The van der Waals surface area contributed by atoms with Gasteiger partial charge in [-0.05, 0) is 19.1 Å². The molecule has 1 N–H and O–H groups in total. The molecule has 0 heterocycles. The van der Waals surface area contributed by atoms with Crippen molar-refractivity contribution in [2.75, 3.05) is 6.61 Å². The molecule has 0 saturated heterocycles. The summed E-state index contributed by atoms with van der Waals surface area (Å²) >= 11 is 24.0. The van der Waals surface area contributed by atoms with Crippen LogP contribution in [-0.2, 0) is 19.6 Å². The van der Waals surface area contributed by atoms with E-state index in [-0.39, 0.29) is 11.5 Å². The fourth-order valence-electron chi connectivity index (χ4n) is 2.01. The second-order valence-electron chi connectivity index (χ2n) is 4.62. The molecule has 0 spiro atoms. The van der Waals surface area contributed by atoms with Crippen LogP contribution in [0.25, 0.3) is 0 Å². The molecule has 130 valence electrons. The average molecular weight is 431 g/mol. The van der Waals surface area contributed by atoms with Crippen LogP contribution in [-0.4, -0.2) is 26.5 Å². The van der Waals surface area contributed by atoms with Crippen LogP contribution in [0.3, 0.4) is 0 Å². The minimum Gasteiger partial charge on any atom is -0.350 e. The van der Waals surface area contributed by atoms with Gasteiger partial charge in [0.15, 0.2) is 0 Å². The van der Waals surface area contributed by atoms with Crippen molar-refractivity contribution < 1.29 is 17.9 Å². The van der Waals surface area contributed by atoms with E-state index in [4.69, 9.17) is 51.1 Å². The molecule has 10 heteroatoms. The van der Waals surface area contributed by atoms with E-state index in [1.807, 2.05) is 0 Å². The van der Waals surface area contributed by atoms with Crippen molar-refractivity contribution in [1.29, 1.82) is 0 Å². The van der Waals surface area contributed by atoms with Crippen molar-refractivity contribution in [3.05, 3.63) is 50.5 Å². The molecule has 1 aromatic carbocycles. The number of allylic oxidation sites excluding steroid dienone is 2. The summed E-state index contributed by atoms with van der Waals surface area (Å²) < 4.78 is 33.0. The third-order valence-electron chi connectivity index (χ3n) is 3.09. The quantitative estimate of drug-likeness (QED) is 0.723. The third kappa shape index (κ3) is 3.37. The van der Waals surface area contributed by atoms with Crippen molar-refractivity contribution in [3.8, 4) is 0 Å². The first-order valence-corrected chi connectivity index (χ1v) is 9.56. The zero-order valence-electron chi connectivity index (χ0n) is 12.1. The van der Waals surface area contributed by atoms with Crippen LogP contribution in [0.4, 0.5) is 0 Å². The number of Topliss-reactive ketones (excluding diaryl/α,β-unsaturated/α-hetero) is 1. The monoisotopic (exact) mass is 429 g/mol. The summed E-state index contributed by atoms with van der Waals surface area (Å²) in [5.41, 5.74) is -2.07. The summed E-state index contributed by atoms with van der Waals surface area (Å²) in [4.78, 5) is 11.8. The number of benzene rings is 1. The smallest absolute Gasteiger partial charge is 0.243 e. The molecule has 1 aliphatic rings. The number of hydrogen-bond donors (Lipinski definition) is 1. The second-order valence-corrected chi connectivity index (χ2v) is 7.81. The Hall–Kier alpha value is -0.600. The van der Waals surface area contributed by atoms with E-state index in [9.17, 15) is 13.2 Å². The molecule has 2 rings (SSSR count). The molecule has 0 unspecified atom stereocenters. The molecule has 5 nitrogen and oxygen atoms in total. The maximum atomic E-state index is 12.6. The van der Waals surface area contributed by atoms with Gasteiger partial charge in [-0.1, -0.05) is 64.6 Å². The molecule has 0 bridgehead atoms. The van der Waals surface area contributed by atoms with Gasteiger partial charge < -0.3 is 4.74 Å². The van der Waals surface area contributed by atoms with Gasteiger partial charge in [0, 0.05) is 6.61 Å². The lowest BCUT2D eigenvalue weighted by Crippen LogP contribution is -2.53. The fourth-order valence-corrected chi connectivity index (χ4v) is 4.51. The topological polar surface area (TPSA) is 72.5 Å². The van der Waals surface area contributed by atoms with Gasteiger partial charge in [-0.2, -0.15) is 4.72 Å². The zero-order valence-corrected chi connectivity index (χ0v) is 16.0. The summed E-state index contributed by atoms with van der Waals surface area (Å²) in [6, 6.07) is 7.48. The first-order chi connectivity index (χ1) is 11.2. The third-order valence-corrected chi connectivity index (χ3v) is 6.37. The molecule has 0 aromatic heterocycles. The molecular weight excluding hydrogens is 420 g/mol. The van der Waals surface area contributed by atoms with Crippen LogP contribution in [0.5, 0.6) is 0 Å².